The van der Waals surface area contributed by atoms with Crippen LogP contribution in [0.15, 0.2) is 58.2 Å². The van der Waals surface area contributed by atoms with Crippen LogP contribution in [0.4, 0.5) is 0 Å². The molecule has 7 nitrogen and oxygen atoms in total. The first-order valence-electron chi connectivity index (χ1n) is 8.63. The van der Waals surface area contributed by atoms with Gasteiger partial charge in [0.15, 0.2) is 0 Å². The van der Waals surface area contributed by atoms with Gasteiger partial charge in [0, 0.05) is 5.56 Å². The number of thioether (sulfide) groups is 1. The zero-order chi connectivity index (χ0) is 18.6. The number of hydrogen-bond donors (Lipinski definition) is 0. The Labute approximate surface area is 160 Å². The Balaban J connectivity index is 1.48. The van der Waals surface area contributed by atoms with Crippen molar-refractivity contribution in [3.05, 3.63) is 65.5 Å². The van der Waals surface area contributed by atoms with Gasteiger partial charge in [-0.3, -0.25) is 0 Å². The lowest BCUT2D eigenvalue weighted by Gasteiger charge is -2.06. The van der Waals surface area contributed by atoms with E-state index in [1.54, 1.807) is 4.68 Å². The summed E-state index contributed by atoms with van der Waals surface area (Å²) in [7, 11) is 0. The molecule has 0 atom stereocenters. The van der Waals surface area contributed by atoms with Crippen molar-refractivity contribution in [2.45, 2.75) is 31.2 Å². The molecule has 8 heteroatoms. The molecular formula is C19H18N6OS. The van der Waals surface area contributed by atoms with Crippen LogP contribution in [0.25, 0.3) is 17.1 Å². The molecule has 2 aromatic carbocycles. The molecule has 2 aromatic heterocycles. The van der Waals surface area contributed by atoms with E-state index in [0.717, 1.165) is 23.2 Å². The third-order valence-electron chi connectivity index (χ3n) is 4.20. The third kappa shape index (κ3) is 3.75. The number of hydrogen-bond acceptors (Lipinski definition) is 7. The summed E-state index contributed by atoms with van der Waals surface area (Å²) in [6.45, 7) is 4.16. The van der Waals surface area contributed by atoms with Gasteiger partial charge in [0.25, 0.3) is 0 Å². The Hall–Kier alpha value is -3.00. The number of rotatable bonds is 6. The van der Waals surface area contributed by atoms with E-state index in [9.17, 15) is 0 Å². The molecule has 0 saturated carbocycles. The van der Waals surface area contributed by atoms with E-state index < -0.39 is 0 Å². The van der Waals surface area contributed by atoms with Gasteiger partial charge in [-0.25, -0.2) is 0 Å². The molecule has 2 heterocycles. The van der Waals surface area contributed by atoms with Crippen LogP contribution in [0.2, 0.25) is 0 Å². The number of aromatic nitrogens is 6. The molecule has 0 amide bonds. The standard InChI is InChI=1S/C19H18N6OS/c1-3-14-8-10-15(11-9-14)18-20-17(26-22-18)12-27-19-21-23-24-25(19)16-7-5-4-6-13(16)2/h4-11H,3,12H2,1-2H3. The summed E-state index contributed by atoms with van der Waals surface area (Å²) >= 11 is 1.46. The van der Waals surface area contributed by atoms with Gasteiger partial charge in [-0.05, 0) is 41.0 Å². The summed E-state index contributed by atoms with van der Waals surface area (Å²) in [6.07, 6.45) is 1.00. The van der Waals surface area contributed by atoms with Crippen LogP contribution in [0.1, 0.15) is 23.9 Å². The molecule has 136 valence electrons. The second-order valence-corrected chi connectivity index (χ2v) is 6.95. The van der Waals surface area contributed by atoms with Crippen LogP contribution >= 0.6 is 11.8 Å². The highest BCUT2D eigenvalue weighted by molar-refractivity contribution is 7.98. The van der Waals surface area contributed by atoms with Gasteiger partial charge in [0.1, 0.15) is 0 Å². The molecule has 0 saturated heterocycles. The zero-order valence-corrected chi connectivity index (χ0v) is 15.8. The van der Waals surface area contributed by atoms with Crippen molar-refractivity contribution < 1.29 is 4.52 Å². The van der Waals surface area contributed by atoms with Crippen molar-refractivity contribution in [2.75, 3.05) is 0 Å². The number of para-hydroxylation sites is 1. The van der Waals surface area contributed by atoms with Crippen LogP contribution in [-0.4, -0.2) is 30.3 Å². The fourth-order valence-corrected chi connectivity index (χ4v) is 3.39. The summed E-state index contributed by atoms with van der Waals surface area (Å²) in [5, 5.41) is 16.8. The van der Waals surface area contributed by atoms with Gasteiger partial charge < -0.3 is 4.52 Å². The lowest BCUT2D eigenvalue weighted by Crippen LogP contribution is -2.01. The van der Waals surface area contributed by atoms with E-state index in [1.807, 2.05) is 43.3 Å². The highest BCUT2D eigenvalue weighted by Gasteiger charge is 2.14. The minimum absolute atomic E-state index is 0.492. The molecule has 27 heavy (non-hydrogen) atoms. The predicted octanol–water partition coefficient (Wildman–Crippen LogP) is 3.88. The molecule has 0 aliphatic heterocycles. The first kappa shape index (κ1) is 17.4. The Bertz CT molecular complexity index is 1040. The molecule has 0 N–H and O–H groups in total. The molecule has 0 bridgehead atoms. The second-order valence-electron chi connectivity index (χ2n) is 6.01. The van der Waals surface area contributed by atoms with Gasteiger partial charge >= 0.3 is 0 Å². The molecule has 4 aromatic rings. The quantitative estimate of drug-likeness (QED) is 0.471. The molecule has 0 fully saturated rings. The molecule has 0 aliphatic carbocycles. The zero-order valence-electron chi connectivity index (χ0n) is 15.0. The van der Waals surface area contributed by atoms with Crippen LogP contribution in [0, 0.1) is 6.92 Å². The fraction of sp³-hybridized carbons (Fsp3) is 0.211. The fourth-order valence-electron chi connectivity index (χ4n) is 2.67. The highest BCUT2D eigenvalue weighted by atomic mass is 32.2. The first-order valence-corrected chi connectivity index (χ1v) is 9.62. The van der Waals surface area contributed by atoms with Gasteiger partial charge in [-0.1, -0.05) is 66.3 Å². The summed E-state index contributed by atoms with van der Waals surface area (Å²) in [6, 6.07) is 16.2. The highest BCUT2D eigenvalue weighted by Crippen LogP contribution is 2.24. The molecule has 0 spiro atoms. The van der Waals surface area contributed by atoms with Gasteiger partial charge in [-0.15, -0.1) is 5.10 Å². The van der Waals surface area contributed by atoms with Crippen LogP contribution < -0.4 is 0 Å². The van der Waals surface area contributed by atoms with Crippen molar-refractivity contribution in [1.82, 2.24) is 30.3 Å². The van der Waals surface area contributed by atoms with Crippen LogP contribution in [-0.2, 0) is 12.2 Å². The van der Waals surface area contributed by atoms with Crippen molar-refractivity contribution in [1.29, 1.82) is 0 Å². The lowest BCUT2D eigenvalue weighted by atomic mass is 10.1. The van der Waals surface area contributed by atoms with Gasteiger partial charge in [0.05, 0.1) is 11.4 Å². The van der Waals surface area contributed by atoms with E-state index >= 15 is 0 Å². The summed E-state index contributed by atoms with van der Waals surface area (Å²) in [5.41, 5.74) is 4.27. The third-order valence-corrected chi connectivity index (χ3v) is 5.10. The molecule has 0 radical (unpaired) electrons. The molecule has 0 unspecified atom stereocenters. The molecular weight excluding hydrogens is 360 g/mol. The average molecular weight is 378 g/mol. The number of aryl methyl sites for hydroxylation is 2. The van der Waals surface area contributed by atoms with Crippen molar-refractivity contribution in [2.24, 2.45) is 0 Å². The van der Waals surface area contributed by atoms with Crippen molar-refractivity contribution in [3.63, 3.8) is 0 Å². The average Bonchev–Trinajstić information content (AvgIpc) is 3.36. The van der Waals surface area contributed by atoms with Crippen molar-refractivity contribution >= 4 is 11.8 Å². The van der Waals surface area contributed by atoms with Crippen LogP contribution in [0.5, 0.6) is 0 Å². The number of nitrogens with zero attached hydrogens (tertiary/aromatic N) is 6. The SMILES string of the molecule is CCc1ccc(-c2noc(CSc3nnnn3-c3ccccc3C)n2)cc1. The smallest absolute Gasteiger partial charge is 0.237 e. The van der Waals surface area contributed by atoms with E-state index in [1.165, 1.54) is 17.3 Å². The minimum atomic E-state index is 0.492. The monoisotopic (exact) mass is 378 g/mol. The van der Waals surface area contributed by atoms with E-state index in [-0.39, 0.29) is 0 Å². The lowest BCUT2D eigenvalue weighted by molar-refractivity contribution is 0.391. The Kier molecular flexibility index (Phi) is 4.97. The van der Waals surface area contributed by atoms with Crippen molar-refractivity contribution in [3.8, 4) is 17.1 Å². The maximum absolute atomic E-state index is 5.38. The van der Waals surface area contributed by atoms with Crippen LogP contribution in [0.3, 0.4) is 0 Å². The Morgan fingerprint density at radius 2 is 1.89 bits per heavy atom. The topological polar surface area (TPSA) is 82.5 Å². The summed E-state index contributed by atoms with van der Waals surface area (Å²) in [4.78, 5) is 4.48. The van der Waals surface area contributed by atoms with E-state index in [4.69, 9.17) is 4.52 Å². The van der Waals surface area contributed by atoms with E-state index in [2.05, 4.69) is 44.7 Å². The predicted molar refractivity (Wildman–Crippen MR) is 103 cm³/mol. The summed E-state index contributed by atoms with van der Waals surface area (Å²) in [5.74, 6) is 1.62. The summed E-state index contributed by atoms with van der Waals surface area (Å²) < 4.78 is 7.11. The number of benzene rings is 2. The maximum Gasteiger partial charge on any atom is 0.237 e. The normalized spacial score (nSPS) is 11.0. The first-order chi connectivity index (χ1) is 13.2. The Morgan fingerprint density at radius 1 is 1.07 bits per heavy atom. The minimum Gasteiger partial charge on any atom is -0.338 e. The maximum atomic E-state index is 5.38. The molecule has 0 aliphatic rings. The Morgan fingerprint density at radius 3 is 2.67 bits per heavy atom. The molecule has 4 rings (SSSR count). The number of tetrazole rings is 1. The van der Waals surface area contributed by atoms with Gasteiger partial charge in [0.2, 0.25) is 16.9 Å². The van der Waals surface area contributed by atoms with Gasteiger partial charge in [-0.2, -0.15) is 9.67 Å². The largest absolute Gasteiger partial charge is 0.338 e. The second kappa shape index (κ2) is 7.71. The van der Waals surface area contributed by atoms with E-state index in [0.29, 0.717) is 22.6 Å².